The molecule has 0 fully saturated rings. The predicted molar refractivity (Wildman–Crippen MR) is 148 cm³/mol. The molecule has 198 valence electrons. The molecule has 0 radical (unpaired) electrons. The van der Waals surface area contributed by atoms with E-state index in [0.717, 1.165) is 35.7 Å². The highest BCUT2D eigenvalue weighted by Gasteiger charge is 2.27. The average molecular weight is 534 g/mol. The molecule has 0 aliphatic heterocycles. The van der Waals surface area contributed by atoms with E-state index in [1.165, 1.54) is 36.9 Å². The number of fused-ring (bicyclic) bond motifs is 1. The van der Waals surface area contributed by atoms with Gasteiger partial charge in [-0.25, -0.2) is 8.42 Å². The number of ether oxygens (including phenoxy) is 1. The number of benzene rings is 3. The summed E-state index contributed by atoms with van der Waals surface area (Å²) in [6.07, 6.45) is 5.05. The van der Waals surface area contributed by atoms with Gasteiger partial charge < -0.3 is 15.0 Å². The molecule has 9 heteroatoms. The standard InChI is InChI=1S/C29H31N3O5S/c1-3-4-7-20-10-12-21(13-11-20)28(33)31-23-14-16-24(17-15-23)38(35,36)32-27(29(34)37-2)18-22-19-30-26-9-6-5-8-25(22)26/h5-6,8-17,19,27,30,32H,3-4,7,18H2,1-2H3,(H,31,33). The Balaban J connectivity index is 1.44. The van der Waals surface area contributed by atoms with Gasteiger partial charge in [0.15, 0.2) is 0 Å². The van der Waals surface area contributed by atoms with Crippen LogP contribution in [0.25, 0.3) is 10.9 Å². The molecule has 1 amide bonds. The highest BCUT2D eigenvalue weighted by atomic mass is 32.2. The van der Waals surface area contributed by atoms with E-state index in [9.17, 15) is 18.0 Å². The van der Waals surface area contributed by atoms with E-state index in [1.807, 2.05) is 36.4 Å². The van der Waals surface area contributed by atoms with Crippen molar-refractivity contribution in [1.82, 2.24) is 9.71 Å². The number of sulfonamides is 1. The van der Waals surface area contributed by atoms with Gasteiger partial charge >= 0.3 is 5.97 Å². The monoisotopic (exact) mass is 533 g/mol. The molecule has 3 N–H and O–H groups in total. The van der Waals surface area contributed by atoms with Crippen LogP contribution in [0.15, 0.2) is 83.9 Å². The van der Waals surface area contributed by atoms with Crippen LogP contribution in [0.3, 0.4) is 0 Å². The smallest absolute Gasteiger partial charge is 0.324 e. The summed E-state index contributed by atoms with van der Waals surface area (Å²) in [6, 6.07) is 19.7. The second-order valence-corrected chi connectivity index (χ2v) is 10.8. The van der Waals surface area contributed by atoms with Gasteiger partial charge in [-0.3, -0.25) is 9.59 Å². The quantitative estimate of drug-likeness (QED) is 0.239. The van der Waals surface area contributed by atoms with E-state index >= 15 is 0 Å². The highest BCUT2D eigenvalue weighted by molar-refractivity contribution is 7.89. The number of H-pyrrole nitrogens is 1. The summed E-state index contributed by atoms with van der Waals surface area (Å²) in [4.78, 5) is 28.2. The van der Waals surface area contributed by atoms with E-state index < -0.39 is 22.0 Å². The number of aryl methyl sites for hydroxylation is 1. The van der Waals surface area contributed by atoms with Crippen LogP contribution in [0.1, 0.15) is 41.3 Å². The second-order valence-electron chi connectivity index (χ2n) is 9.04. The molecular weight excluding hydrogens is 502 g/mol. The fourth-order valence-corrected chi connectivity index (χ4v) is 5.40. The molecule has 3 aromatic carbocycles. The van der Waals surface area contributed by atoms with Gasteiger partial charge in [0.1, 0.15) is 6.04 Å². The number of para-hydroxylation sites is 1. The molecule has 1 atom stereocenters. The summed E-state index contributed by atoms with van der Waals surface area (Å²) < 4.78 is 33.5. The van der Waals surface area contributed by atoms with Gasteiger partial charge in [-0.1, -0.05) is 43.7 Å². The fraction of sp³-hybridized carbons (Fsp3) is 0.241. The first-order valence-electron chi connectivity index (χ1n) is 12.5. The number of unbranched alkanes of at least 4 members (excludes halogenated alkanes) is 1. The molecule has 0 saturated heterocycles. The molecule has 1 unspecified atom stereocenters. The minimum absolute atomic E-state index is 0.0383. The van der Waals surface area contributed by atoms with Gasteiger partial charge in [0, 0.05) is 34.8 Å². The number of hydrogen-bond donors (Lipinski definition) is 3. The largest absolute Gasteiger partial charge is 0.468 e. The molecule has 4 rings (SSSR count). The van der Waals surface area contributed by atoms with Crippen LogP contribution in [0.5, 0.6) is 0 Å². The van der Waals surface area contributed by atoms with Gasteiger partial charge in [0.05, 0.1) is 12.0 Å². The van der Waals surface area contributed by atoms with E-state index in [0.29, 0.717) is 11.3 Å². The van der Waals surface area contributed by atoms with Crippen LogP contribution in [-0.2, 0) is 32.4 Å². The molecule has 1 heterocycles. The van der Waals surface area contributed by atoms with Crippen molar-refractivity contribution < 1.29 is 22.7 Å². The minimum Gasteiger partial charge on any atom is -0.468 e. The second kappa shape index (κ2) is 12.1. The number of esters is 1. The van der Waals surface area contributed by atoms with Crippen LogP contribution in [0, 0.1) is 0 Å². The Kier molecular flexibility index (Phi) is 8.60. The van der Waals surface area contributed by atoms with E-state index in [2.05, 4.69) is 21.9 Å². The summed E-state index contributed by atoms with van der Waals surface area (Å²) in [7, 11) is -2.84. The molecule has 0 saturated carbocycles. The highest BCUT2D eigenvalue weighted by Crippen LogP contribution is 2.21. The number of carbonyl (C=O) groups is 2. The molecule has 8 nitrogen and oxygen atoms in total. The molecule has 0 bridgehead atoms. The Morgan fingerprint density at radius 1 is 0.974 bits per heavy atom. The number of hydrogen-bond acceptors (Lipinski definition) is 5. The number of methoxy groups -OCH3 is 1. The zero-order valence-corrected chi connectivity index (χ0v) is 22.2. The molecule has 4 aromatic rings. The van der Waals surface area contributed by atoms with Crippen molar-refractivity contribution in [3.63, 3.8) is 0 Å². The van der Waals surface area contributed by atoms with E-state index in [1.54, 1.807) is 18.3 Å². The lowest BCUT2D eigenvalue weighted by Gasteiger charge is -2.17. The fourth-order valence-electron chi connectivity index (χ4n) is 4.22. The normalized spacial score (nSPS) is 12.3. The molecule has 38 heavy (non-hydrogen) atoms. The Hall–Kier alpha value is -3.95. The first-order valence-corrected chi connectivity index (χ1v) is 13.9. The number of rotatable bonds is 11. The molecular formula is C29H31N3O5S. The van der Waals surface area contributed by atoms with E-state index in [-0.39, 0.29) is 17.2 Å². The van der Waals surface area contributed by atoms with Crippen molar-refractivity contribution in [2.45, 2.75) is 43.5 Å². The molecule has 0 aliphatic rings. The Labute approximate surface area is 222 Å². The number of carbonyl (C=O) groups excluding carboxylic acids is 2. The van der Waals surface area contributed by atoms with Gasteiger partial charge in [-0.2, -0.15) is 4.72 Å². The summed E-state index contributed by atoms with van der Waals surface area (Å²) in [5, 5.41) is 3.68. The van der Waals surface area contributed by atoms with Gasteiger partial charge in [0.25, 0.3) is 5.91 Å². The molecule has 0 aliphatic carbocycles. The number of amides is 1. The number of aromatic nitrogens is 1. The average Bonchev–Trinajstić information content (AvgIpc) is 3.34. The van der Waals surface area contributed by atoms with Crippen molar-refractivity contribution in [2.24, 2.45) is 0 Å². The summed E-state index contributed by atoms with van der Waals surface area (Å²) in [5.74, 6) is -0.978. The third kappa shape index (κ3) is 6.48. The Bertz CT molecular complexity index is 1510. The SMILES string of the molecule is CCCCc1ccc(C(=O)Nc2ccc(S(=O)(=O)NC(Cc3c[nH]c4ccccc34)C(=O)OC)cc2)cc1. The van der Waals surface area contributed by atoms with Crippen molar-refractivity contribution >= 4 is 38.5 Å². The lowest BCUT2D eigenvalue weighted by atomic mass is 10.1. The maximum absolute atomic E-state index is 13.1. The van der Waals surface area contributed by atoms with Crippen LogP contribution >= 0.6 is 0 Å². The Morgan fingerprint density at radius 3 is 2.37 bits per heavy atom. The van der Waals surface area contributed by atoms with Crippen LogP contribution in [0.2, 0.25) is 0 Å². The van der Waals surface area contributed by atoms with Crippen molar-refractivity contribution in [2.75, 3.05) is 12.4 Å². The lowest BCUT2D eigenvalue weighted by molar-refractivity contribution is -0.142. The first-order chi connectivity index (χ1) is 18.3. The zero-order chi connectivity index (χ0) is 27.1. The topological polar surface area (TPSA) is 117 Å². The van der Waals surface area contributed by atoms with Crippen molar-refractivity contribution in [3.8, 4) is 0 Å². The maximum atomic E-state index is 13.1. The predicted octanol–water partition coefficient (Wildman–Crippen LogP) is 4.83. The summed E-state index contributed by atoms with van der Waals surface area (Å²) >= 11 is 0. The third-order valence-corrected chi connectivity index (χ3v) is 7.83. The third-order valence-electron chi connectivity index (χ3n) is 6.34. The van der Waals surface area contributed by atoms with Crippen LogP contribution in [-0.4, -0.2) is 38.4 Å². The Morgan fingerprint density at radius 2 is 1.68 bits per heavy atom. The summed E-state index contributed by atoms with van der Waals surface area (Å²) in [5.41, 5.74) is 3.82. The van der Waals surface area contributed by atoms with Gasteiger partial charge in [-0.15, -0.1) is 0 Å². The van der Waals surface area contributed by atoms with Crippen molar-refractivity contribution in [1.29, 1.82) is 0 Å². The first kappa shape index (κ1) is 27.1. The van der Waals surface area contributed by atoms with Crippen LogP contribution < -0.4 is 10.0 Å². The number of aromatic amines is 1. The van der Waals surface area contributed by atoms with Crippen LogP contribution in [0.4, 0.5) is 5.69 Å². The maximum Gasteiger partial charge on any atom is 0.324 e. The minimum atomic E-state index is -4.05. The number of anilines is 1. The lowest BCUT2D eigenvalue weighted by Crippen LogP contribution is -2.42. The van der Waals surface area contributed by atoms with Gasteiger partial charge in [-0.05, 0) is 66.4 Å². The van der Waals surface area contributed by atoms with Crippen molar-refractivity contribution in [3.05, 3.63) is 95.7 Å². The summed E-state index contributed by atoms with van der Waals surface area (Å²) in [6.45, 7) is 2.14. The van der Waals surface area contributed by atoms with E-state index in [4.69, 9.17) is 4.74 Å². The zero-order valence-electron chi connectivity index (χ0n) is 21.4. The molecule has 0 spiro atoms. The van der Waals surface area contributed by atoms with Gasteiger partial charge in [0.2, 0.25) is 10.0 Å². The number of nitrogens with one attached hydrogen (secondary N) is 3. The molecule has 1 aromatic heterocycles.